The molecule has 3 nitrogen and oxygen atoms in total. The molecule has 0 unspecified atom stereocenters. The van der Waals surface area contributed by atoms with E-state index in [9.17, 15) is 0 Å². The molecule has 0 aromatic heterocycles. The van der Waals surface area contributed by atoms with E-state index < -0.39 is 0 Å². The minimum atomic E-state index is 0.346. The van der Waals surface area contributed by atoms with Crippen LogP contribution in [0.1, 0.15) is 27.7 Å². The molecule has 1 heterocycles. The van der Waals surface area contributed by atoms with E-state index in [4.69, 9.17) is 4.74 Å². The summed E-state index contributed by atoms with van der Waals surface area (Å²) in [6.07, 6.45) is 0.346. The van der Waals surface area contributed by atoms with Gasteiger partial charge in [0.05, 0.1) is 12.8 Å². The Labute approximate surface area is 94.4 Å². The molecule has 0 bridgehead atoms. The van der Waals surface area contributed by atoms with Crippen LogP contribution in [0, 0.1) is 5.92 Å². The van der Waals surface area contributed by atoms with Gasteiger partial charge >= 0.3 is 0 Å². The average Bonchev–Trinajstić information content (AvgIpc) is 2.16. The van der Waals surface area contributed by atoms with Gasteiger partial charge in [-0.15, -0.1) is 0 Å². The maximum absolute atomic E-state index is 5.61. The average molecular weight is 214 g/mol. The molecule has 0 aromatic carbocycles. The molecule has 1 rings (SSSR count). The van der Waals surface area contributed by atoms with E-state index in [1.807, 2.05) is 0 Å². The Hall–Kier alpha value is -0.120. The third-order valence-electron chi connectivity index (χ3n) is 2.68. The molecule has 1 aliphatic rings. The highest BCUT2D eigenvalue weighted by Crippen LogP contribution is 2.05. The third-order valence-corrected chi connectivity index (χ3v) is 2.68. The maximum atomic E-state index is 5.61. The van der Waals surface area contributed by atoms with Crippen molar-refractivity contribution in [2.24, 2.45) is 5.92 Å². The molecule has 3 heteroatoms. The van der Waals surface area contributed by atoms with Crippen molar-refractivity contribution in [3.8, 4) is 0 Å². The summed E-state index contributed by atoms with van der Waals surface area (Å²) in [5.41, 5.74) is 0. The number of rotatable bonds is 5. The molecule has 0 aliphatic carbocycles. The second-order valence-corrected chi connectivity index (χ2v) is 5.16. The fraction of sp³-hybridized carbons (Fsp3) is 1.00. The molecule has 15 heavy (non-hydrogen) atoms. The van der Waals surface area contributed by atoms with E-state index in [2.05, 4.69) is 37.5 Å². The normalized spacial score (nSPS) is 20.4. The molecule has 0 amide bonds. The van der Waals surface area contributed by atoms with Crippen LogP contribution in [0.15, 0.2) is 0 Å². The van der Waals surface area contributed by atoms with Crippen LogP contribution < -0.4 is 0 Å². The van der Waals surface area contributed by atoms with Crippen molar-refractivity contribution in [1.82, 2.24) is 9.80 Å². The number of piperazine rings is 1. The zero-order chi connectivity index (χ0) is 11.3. The Balaban J connectivity index is 2.12. The molecule has 0 atom stereocenters. The number of hydrogen-bond acceptors (Lipinski definition) is 3. The second-order valence-electron chi connectivity index (χ2n) is 5.16. The molecule has 0 N–H and O–H groups in total. The molecular formula is C12H26N2O. The van der Waals surface area contributed by atoms with Crippen LogP contribution >= 0.6 is 0 Å². The van der Waals surface area contributed by atoms with Crippen LogP contribution in [-0.2, 0) is 4.74 Å². The van der Waals surface area contributed by atoms with Gasteiger partial charge in [-0.05, 0) is 19.8 Å². The molecule has 0 saturated carbocycles. The quantitative estimate of drug-likeness (QED) is 0.692. The van der Waals surface area contributed by atoms with Gasteiger partial charge < -0.3 is 9.64 Å². The zero-order valence-electron chi connectivity index (χ0n) is 10.7. The first kappa shape index (κ1) is 12.9. The van der Waals surface area contributed by atoms with Crippen molar-refractivity contribution >= 4 is 0 Å². The topological polar surface area (TPSA) is 15.7 Å². The fourth-order valence-corrected chi connectivity index (χ4v) is 1.87. The largest absolute Gasteiger partial charge is 0.363 e. The van der Waals surface area contributed by atoms with Crippen LogP contribution in [0.25, 0.3) is 0 Å². The highest BCUT2D eigenvalue weighted by atomic mass is 16.5. The number of hydrogen-bond donors (Lipinski definition) is 0. The van der Waals surface area contributed by atoms with Crippen LogP contribution in [0.4, 0.5) is 0 Å². The van der Waals surface area contributed by atoms with Crippen LogP contribution in [0.2, 0.25) is 0 Å². The monoisotopic (exact) mass is 214 g/mol. The fourth-order valence-electron chi connectivity index (χ4n) is 1.87. The van der Waals surface area contributed by atoms with Crippen molar-refractivity contribution in [2.75, 3.05) is 39.5 Å². The second kappa shape index (κ2) is 6.46. The van der Waals surface area contributed by atoms with Gasteiger partial charge in [-0.2, -0.15) is 0 Å². The van der Waals surface area contributed by atoms with Crippen LogP contribution in [0.3, 0.4) is 0 Å². The first-order valence-corrected chi connectivity index (χ1v) is 6.14. The maximum Gasteiger partial charge on any atom is 0.0994 e. The highest BCUT2D eigenvalue weighted by Gasteiger charge is 2.17. The molecule has 1 aliphatic heterocycles. The van der Waals surface area contributed by atoms with E-state index >= 15 is 0 Å². The first-order chi connectivity index (χ1) is 7.08. The molecule has 1 saturated heterocycles. The summed E-state index contributed by atoms with van der Waals surface area (Å²) in [6.45, 7) is 15.5. The van der Waals surface area contributed by atoms with Crippen LogP contribution in [-0.4, -0.2) is 55.4 Å². The van der Waals surface area contributed by atoms with Crippen molar-refractivity contribution in [3.63, 3.8) is 0 Å². The highest BCUT2D eigenvalue weighted by molar-refractivity contribution is 4.71. The molecule has 0 spiro atoms. The zero-order valence-corrected chi connectivity index (χ0v) is 10.7. The van der Waals surface area contributed by atoms with Crippen LogP contribution in [0.5, 0.6) is 0 Å². The predicted octanol–water partition coefficient (Wildman–Crippen LogP) is 1.64. The SMILES string of the molecule is CC(C)CN1CCN(COC(C)C)CC1. The van der Waals surface area contributed by atoms with E-state index in [-0.39, 0.29) is 0 Å². The Kier molecular flexibility index (Phi) is 5.58. The summed E-state index contributed by atoms with van der Waals surface area (Å²) >= 11 is 0. The van der Waals surface area contributed by atoms with Gasteiger partial charge in [0, 0.05) is 32.7 Å². The summed E-state index contributed by atoms with van der Waals surface area (Å²) in [5.74, 6) is 0.781. The predicted molar refractivity (Wildman–Crippen MR) is 63.9 cm³/mol. The summed E-state index contributed by atoms with van der Waals surface area (Å²) in [5, 5.41) is 0. The van der Waals surface area contributed by atoms with E-state index in [1.54, 1.807) is 0 Å². The summed E-state index contributed by atoms with van der Waals surface area (Å²) < 4.78 is 5.61. The lowest BCUT2D eigenvalue weighted by Gasteiger charge is -2.35. The molecule has 0 radical (unpaired) electrons. The molecule has 0 aromatic rings. The Bertz CT molecular complexity index is 163. The lowest BCUT2D eigenvalue weighted by atomic mass is 10.2. The standard InChI is InChI=1S/C12H26N2O/c1-11(2)9-13-5-7-14(8-6-13)10-15-12(3)4/h11-12H,5-10H2,1-4H3. The molecule has 90 valence electrons. The summed E-state index contributed by atoms with van der Waals surface area (Å²) in [7, 11) is 0. The number of nitrogens with zero attached hydrogens (tertiary/aromatic N) is 2. The van der Waals surface area contributed by atoms with Gasteiger partial charge in [-0.25, -0.2) is 0 Å². The lowest BCUT2D eigenvalue weighted by Crippen LogP contribution is -2.48. The van der Waals surface area contributed by atoms with Gasteiger partial charge in [-0.3, -0.25) is 4.90 Å². The summed E-state index contributed by atoms with van der Waals surface area (Å²) in [6, 6.07) is 0. The van der Waals surface area contributed by atoms with E-state index in [0.717, 1.165) is 25.7 Å². The molecular weight excluding hydrogens is 188 g/mol. The third kappa shape index (κ3) is 5.50. The lowest BCUT2D eigenvalue weighted by molar-refractivity contribution is -0.0263. The van der Waals surface area contributed by atoms with Crippen molar-refractivity contribution in [3.05, 3.63) is 0 Å². The first-order valence-electron chi connectivity index (χ1n) is 6.14. The van der Waals surface area contributed by atoms with E-state index in [0.29, 0.717) is 6.10 Å². The van der Waals surface area contributed by atoms with Gasteiger partial charge in [0.1, 0.15) is 0 Å². The van der Waals surface area contributed by atoms with Crippen molar-refractivity contribution in [1.29, 1.82) is 0 Å². The minimum absolute atomic E-state index is 0.346. The smallest absolute Gasteiger partial charge is 0.0994 e. The van der Waals surface area contributed by atoms with Crippen molar-refractivity contribution in [2.45, 2.75) is 33.8 Å². The van der Waals surface area contributed by atoms with Crippen molar-refractivity contribution < 1.29 is 4.74 Å². The Morgan fingerprint density at radius 1 is 0.933 bits per heavy atom. The van der Waals surface area contributed by atoms with Gasteiger partial charge in [-0.1, -0.05) is 13.8 Å². The Morgan fingerprint density at radius 2 is 1.47 bits per heavy atom. The number of ether oxygens (including phenoxy) is 1. The Morgan fingerprint density at radius 3 is 1.93 bits per heavy atom. The molecule has 1 fully saturated rings. The minimum Gasteiger partial charge on any atom is -0.363 e. The summed E-state index contributed by atoms with van der Waals surface area (Å²) in [4.78, 5) is 4.95. The van der Waals surface area contributed by atoms with Gasteiger partial charge in [0.25, 0.3) is 0 Å². The van der Waals surface area contributed by atoms with Gasteiger partial charge in [0.2, 0.25) is 0 Å². The van der Waals surface area contributed by atoms with E-state index in [1.165, 1.54) is 19.6 Å². The van der Waals surface area contributed by atoms with Gasteiger partial charge in [0.15, 0.2) is 0 Å².